The van der Waals surface area contributed by atoms with Crippen LogP contribution >= 0.6 is 23.7 Å². The van der Waals surface area contributed by atoms with Gasteiger partial charge in [-0.05, 0) is 44.5 Å². The summed E-state index contributed by atoms with van der Waals surface area (Å²) in [6, 6.07) is 3.50. The van der Waals surface area contributed by atoms with Gasteiger partial charge >= 0.3 is 0 Å². The lowest BCUT2D eigenvalue weighted by Gasteiger charge is -2.33. The third-order valence-corrected chi connectivity index (χ3v) is 7.38. The van der Waals surface area contributed by atoms with E-state index in [2.05, 4.69) is 10.6 Å². The molecule has 2 heterocycles. The summed E-state index contributed by atoms with van der Waals surface area (Å²) >= 11 is 1.24. The second-order valence-electron chi connectivity index (χ2n) is 5.73. The molecule has 24 heavy (non-hydrogen) atoms. The quantitative estimate of drug-likeness (QED) is 0.739. The van der Waals surface area contributed by atoms with Crippen LogP contribution in [0.2, 0.25) is 0 Å². The van der Waals surface area contributed by atoms with Gasteiger partial charge in [-0.3, -0.25) is 4.79 Å². The van der Waals surface area contributed by atoms with Gasteiger partial charge in [-0.2, -0.15) is 4.31 Å². The highest BCUT2D eigenvalue weighted by Crippen LogP contribution is 2.28. The van der Waals surface area contributed by atoms with Crippen molar-refractivity contribution < 1.29 is 13.2 Å². The van der Waals surface area contributed by atoms with Gasteiger partial charge in [0, 0.05) is 24.4 Å². The molecule has 0 aromatic carbocycles. The molecule has 1 saturated heterocycles. The number of thiophene rings is 1. The largest absolute Gasteiger partial charge is 0.351 e. The Hall–Kier alpha value is -0.670. The summed E-state index contributed by atoms with van der Waals surface area (Å²) in [6.45, 7) is 6.09. The summed E-state index contributed by atoms with van der Waals surface area (Å²) in [6.07, 6.45) is 2.50. The first kappa shape index (κ1) is 21.4. The molecule has 2 rings (SSSR count). The van der Waals surface area contributed by atoms with Crippen LogP contribution in [0.1, 0.15) is 38.0 Å². The average Bonchev–Trinajstić information content (AvgIpc) is 3.01. The highest BCUT2D eigenvalue weighted by Gasteiger charge is 2.32. The Balaban J connectivity index is 0.00000288. The minimum absolute atomic E-state index is 0. The fourth-order valence-corrected chi connectivity index (χ4v) is 5.93. The third-order valence-electron chi connectivity index (χ3n) is 3.87. The van der Waals surface area contributed by atoms with Crippen LogP contribution in [0.5, 0.6) is 0 Å². The van der Waals surface area contributed by atoms with Crippen LogP contribution in [0, 0.1) is 0 Å². The fourth-order valence-electron chi connectivity index (χ4n) is 2.73. The van der Waals surface area contributed by atoms with Crippen LogP contribution in [0.4, 0.5) is 0 Å². The van der Waals surface area contributed by atoms with E-state index in [4.69, 9.17) is 0 Å². The van der Waals surface area contributed by atoms with Gasteiger partial charge in [0.05, 0.1) is 6.54 Å². The zero-order valence-corrected chi connectivity index (χ0v) is 16.5. The molecule has 9 heteroatoms. The van der Waals surface area contributed by atoms with Gasteiger partial charge < -0.3 is 10.6 Å². The Kier molecular flexibility index (Phi) is 8.66. The van der Waals surface area contributed by atoms with E-state index in [9.17, 15) is 13.2 Å². The van der Waals surface area contributed by atoms with E-state index >= 15 is 0 Å². The predicted molar refractivity (Wildman–Crippen MR) is 99.2 cm³/mol. The Morgan fingerprint density at radius 2 is 2.04 bits per heavy atom. The molecule has 1 aromatic rings. The van der Waals surface area contributed by atoms with Crippen molar-refractivity contribution in [3.05, 3.63) is 17.0 Å². The summed E-state index contributed by atoms with van der Waals surface area (Å²) in [4.78, 5) is 11.8. The molecule has 2 N–H and O–H groups in total. The summed E-state index contributed by atoms with van der Waals surface area (Å²) in [5.74, 6) is -0.120. The standard InChI is InChI=1S/C15H25N3O3S2.ClH/c1-3-10-18(13-6-8-16-9-7-13)23(20,21)15-5-4-14(22-15)11-17-12(2)19;/h4-5,13,16H,3,6-11H2,1-2H3,(H,17,19);1H. The zero-order valence-electron chi connectivity index (χ0n) is 14.1. The molecule has 0 atom stereocenters. The van der Waals surface area contributed by atoms with Gasteiger partial charge in [-0.25, -0.2) is 8.42 Å². The van der Waals surface area contributed by atoms with E-state index in [0.717, 1.165) is 37.2 Å². The smallest absolute Gasteiger partial charge is 0.252 e. The molecule has 0 aliphatic carbocycles. The van der Waals surface area contributed by atoms with E-state index in [1.807, 2.05) is 6.92 Å². The van der Waals surface area contributed by atoms with Crippen molar-refractivity contribution in [2.75, 3.05) is 19.6 Å². The summed E-state index contributed by atoms with van der Waals surface area (Å²) in [5, 5.41) is 5.97. The van der Waals surface area contributed by atoms with Gasteiger partial charge in [0.15, 0.2) is 0 Å². The molecule has 1 fully saturated rings. The first-order valence-corrected chi connectivity index (χ1v) is 10.3. The molecule has 0 bridgehead atoms. The predicted octanol–water partition coefficient (Wildman–Crippen LogP) is 1.96. The SMILES string of the molecule is CCCN(C1CCNCC1)S(=O)(=O)c1ccc(CNC(C)=O)s1.Cl. The number of nitrogens with zero attached hydrogens (tertiary/aromatic N) is 1. The number of nitrogens with one attached hydrogen (secondary N) is 2. The molecular weight excluding hydrogens is 370 g/mol. The molecule has 0 saturated carbocycles. The minimum atomic E-state index is -3.47. The first-order chi connectivity index (χ1) is 10.9. The van der Waals surface area contributed by atoms with Crippen LogP contribution in [-0.4, -0.2) is 44.3 Å². The van der Waals surface area contributed by atoms with Crippen molar-refractivity contribution in [3.8, 4) is 0 Å². The van der Waals surface area contributed by atoms with E-state index < -0.39 is 10.0 Å². The molecule has 0 spiro atoms. The fraction of sp³-hybridized carbons (Fsp3) is 0.667. The number of amides is 1. The second kappa shape index (κ2) is 9.72. The van der Waals surface area contributed by atoms with E-state index in [0.29, 0.717) is 17.3 Å². The van der Waals surface area contributed by atoms with Crippen molar-refractivity contribution in [2.24, 2.45) is 0 Å². The van der Waals surface area contributed by atoms with Crippen molar-refractivity contribution in [1.29, 1.82) is 0 Å². The Labute approximate surface area is 154 Å². The molecule has 0 unspecified atom stereocenters. The zero-order chi connectivity index (χ0) is 16.9. The molecule has 1 aromatic heterocycles. The van der Waals surface area contributed by atoms with E-state index in [1.165, 1.54) is 18.3 Å². The lowest BCUT2D eigenvalue weighted by atomic mass is 10.1. The Bertz CT molecular complexity index is 628. The lowest BCUT2D eigenvalue weighted by Crippen LogP contribution is -2.46. The van der Waals surface area contributed by atoms with Crippen LogP contribution in [-0.2, 0) is 21.4 Å². The average molecular weight is 396 g/mol. The number of carbonyl (C=O) groups excluding carboxylic acids is 1. The van der Waals surface area contributed by atoms with Gasteiger partial charge in [0.25, 0.3) is 10.0 Å². The summed E-state index contributed by atoms with van der Waals surface area (Å²) < 4.78 is 28.0. The van der Waals surface area contributed by atoms with Gasteiger partial charge in [0.2, 0.25) is 5.91 Å². The number of hydrogen-bond acceptors (Lipinski definition) is 5. The Morgan fingerprint density at radius 3 is 2.62 bits per heavy atom. The van der Waals surface area contributed by atoms with Crippen molar-refractivity contribution in [1.82, 2.24) is 14.9 Å². The monoisotopic (exact) mass is 395 g/mol. The maximum Gasteiger partial charge on any atom is 0.252 e. The lowest BCUT2D eigenvalue weighted by molar-refractivity contribution is -0.119. The summed E-state index contributed by atoms with van der Waals surface area (Å²) in [7, 11) is -3.47. The van der Waals surface area contributed by atoms with E-state index in [-0.39, 0.29) is 24.4 Å². The van der Waals surface area contributed by atoms with Crippen molar-refractivity contribution in [2.45, 2.75) is 49.9 Å². The molecule has 1 aliphatic heterocycles. The number of rotatable bonds is 7. The second-order valence-corrected chi connectivity index (χ2v) is 9.01. The molecule has 1 amide bonds. The topological polar surface area (TPSA) is 78.5 Å². The first-order valence-electron chi connectivity index (χ1n) is 8.01. The highest BCUT2D eigenvalue weighted by atomic mass is 35.5. The maximum atomic E-state index is 13.0. The van der Waals surface area contributed by atoms with Gasteiger partial charge in [-0.15, -0.1) is 23.7 Å². The van der Waals surface area contributed by atoms with Crippen LogP contribution < -0.4 is 10.6 Å². The van der Waals surface area contributed by atoms with Crippen molar-refractivity contribution >= 4 is 39.7 Å². The van der Waals surface area contributed by atoms with Crippen molar-refractivity contribution in [3.63, 3.8) is 0 Å². The maximum absolute atomic E-state index is 13.0. The molecule has 1 aliphatic rings. The van der Waals surface area contributed by atoms with Crippen LogP contribution in [0.3, 0.4) is 0 Å². The number of hydrogen-bond donors (Lipinski definition) is 2. The minimum Gasteiger partial charge on any atom is -0.351 e. The molecule has 138 valence electrons. The van der Waals surface area contributed by atoms with Gasteiger partial charge in [-0.1, -0.05) is 6.92 Å². The van der Waals surface area contributed by atoms with Gasteiger partial charge in [0.1, 0.15) is 4.21 Å². The third kappa shape index (κ3) is 5.42. The molecular formula is C15H26ClN3O3S2. The number of piperidine rings is 1. The molecule has 6 nitrogen and oxygen atoms in total. The van der Waals surface area contributed by atoms with E-state index in [1.54, 1.807) is 16.4 Å². The summed E-state index contributed by atoms with van der Waals surface area (Å²) in [5.41, 5.74) is 0. The van der Waals surface area contributed by atoms with Crippen LogP contribution in [0.25, 0.3) is 0 Å². The number of halogens is 1. The Morgan fingerprint density at radius 1 is 1.38 bits per heavy atom. The normalized spacial score (nSPS) is 16.0. The molecule has 0 radical (unpaired) electrons. The van der Waals surface area contributed by atoms with Crippen LogP contribution in [0.15, 0.2) is 16.3 Å². The number of sulfonamides is 1. The number of carbonyl (C=O) groups is 1. The highest BCUT2D eigenvalue weighted by molar-refractivity contribution is 7.91.